The van der Waals surface area contributed by atoms with E-state index in [1.807, 2.05) is 19.1 Å². The van der Waals surface area contributed by atoms with Gasteiger partial charge in [0.1, 0.15) is 0 Å². The second kappa shape index (κ2) is 8.78. The molecule has 148 valence electrons. The number of para-hydroxylation sites is 1. The van der Waals surface area contributed by atoms with Gasteiger partial charge in [-0.1, -0.05) is 25.0 Å². The molecule has 6 heteroatoms. The first-order valence-electron chi connectivity index (χ1n) is 9.47. The lowest BCUT2D eigenvalue weighted by Gasteiger charge is -2.15. The van der Waals surface area contributed by atoms with Gasteiger partial charge in [-0.25, -0.2) is 0 Å². The molecule has 1 fully saturated rings. The van der Waals surface area contributed by atoms with Crippen LogP contribution in [0.4, 0.5) is 11.4 Å². The topological polar surface area (TPSA) is 76.7 Å². The first kappa shape index (κ1) is 19.7. The maximum absolute atomic E-state index is 12.8. The summed E-state index contributed by atoms with van der Waals surface area (Å²) in [5, 5.41) is 5.88. The molecule has 0 heterocycles. The van der Waals surface area contributed by atoms with Gasteiger partial charge < -0.3 is 20.1 Å². The van der Waals surface area contributed by atoms with Crippen LogP contribution in [0, 0.1) is 12.8 Å². The Morgan fingerprint density at radius 3 is 2.43 bits per heavy atom. The molecule has 1 saturated carbocycles. The van der Waals surface area contributed by atoms with Crippen molar-refractivity contribution < 1.29 is 19.1 Å². The van der Waals surface area contributed by atoms with E-state index in [2.05, 4.69) is 10.6 Å². The molecule has 2 amide bonds. The number of carbonyl (C=O) groups excluding carboxylic acids is 2. The number of amides is 2. The van der Waals surface area contributed by atoms with Gasteiger partial charge in [0, 0.05) is 17.3 Å². The average Bonchev–Trinajstić information content (AvgIpc) is 3.24. The van der Waals surface area contributed by atoms with Crippen molar-refractivity contribution in [3.8, 4) is 11.5 Å². The molecule has 0 aromatic heterocycles. The van der Waals surface area contributed by atoms with Crippen molar-refractivity contribution in [2.45, 2.75) is 32.6 Å². The summed E-state index contributed by atoms with van der Waals surface area (Å²) >= 11 is 0. The summed E-state index contributed by atoms with van der Waals surface area (Å²) in [5.41, 5.74) is 2.59. The van der Waals surface area contributed by atoms with Gasteiger partial charge in [-0.05, 0) is 49.6 Å². The van der Waals surface area contributed by atoms with Crippen molar-refractivity contribution in [2.24, 2.45) is 5.92 Å². The summed E-state index contributed by atoms with van der Waals surface area (Å²) in [6.45, 7) is 1.90. The highest BCUT2D eigenvalue weighted by Gasteiger charge is 2.23. The Labute approximate surface area is 165 Å². The summed E-state index contributed by atoms with van der Waals surface area (Å²) in [6.07, 6.45) is 4.10. The molecular weight excluding hydrogens is 356 g/mol. The van der Waals surface area contributed by atoms with Crippen molar-refractivity contribution in [3.63, 3.8) is 0 Å². The van der Waals surface area contributed by atoms with Gasteiger partial charge in [0.2, 0.25) is 5.91 Å². The van der Waals surface area contributed by atoms with Crippen LogP contribution in [0.15, 0.2) is 36.4 Å². The van der Waals surface area contributed by atoms with E-state index in [9.17, 15) is 9.59 Å². The molecule has 3 rings (SSSR count). The number of methoxy groups -OCH3 is 2. The Hall–Kier alpha value is -3.02. The van der Waals surface area contributed by atoms with Crippen molar-refractivity contribution >= 4 is 23.2 Å². The predicted molar refractivity (Wildman–Crippen MR) is 109 cm³/mol. The lowest BCUT2D eigenvalue weighted by atomic mass is 10.1. The van der Waals surface area contributed by atoms with Gasteiger partial charge in [-0.3, -0.25) is 9.59 Å². The van der Waals surface area contributed by atoms with E-state index in [1.165, 1.54) is 14.2 Å². The van der Waals surface area contributed by atoms with Gasteiger partial charge in [-0.2, -0.15) is 0 Å². The number of ether oxygens (including phenoxy) is 2. The number of benzene rings is 2. The maximum atomic E-state index is 12.8. The third-order valence-corrected chi connectivity index (χ3v) is 5.13. The molecule has 0 bridgehead atoms. The number of aryl methyl sites for hydroxylation is 1. The fraction of sp³-hybridized carbons (Fsp3) is 0.364. The molecule has 0 atom stereocenters. The molecule has 2 aromatic carbocycles. The Bertz CT molecular complexity index is 873. The van der Waals surface area contributed by atoms with Crippen LogP contribution in [0.3, 0.4) is 0 Å². The number of carbonyl (C=O) groups is 2. The minimum Gasteiger partial charge on any atom is -0.493 e. The van der Waals surface area contributed by atoms with E-state index in [1.54, 1.807) is 24.3 Å². The van der Waals surface area contributed by atoms with Crippen LogP contribution in [0.5, 0.6) is 11.5 Å². The highest BCUT2D eigenvalue weighted by atomic mass is 16.5. The zero-order valence-electron chi connectivity index (χ0n) is 16.5. The molecule has 0 aliphatic heterocycles. The molecule has 0 radical (unpaired) electrons. The van der Waals surface area contributed by atoms with Crippen molar-refractivity contribution in [2.75, 3.05) is 24.9 Å². The molecule has 6 nitrogen and oxygen atoms in total. The summed E-state index contributed by atoms with van der Waals surface area (Å²) in [4.78, 5) is 25.2. The van der Waals surface area contributed by atoms with E-state index >= 15 is 0 Å². The standard InChI is InChI=1S/C22H26N2O4/c1-14-11-12-16(23-21(25)15-7-4-5-8-15)13-18(14)24-22(26)17-9-6-10-19(27-2)20(17)28-3/h6,9-13,15H,4-5,7-8H2,1-3H3,(H,23,25)(H,24,26). The number of hydrogen-bond acceptors (Lipinski definition) is 4. The number of rotatable bonds is 6. The van der Waals surface area contributed by atoms with Crippen LogP contribution in [-0.4, -0.2) is 26.0 Å². The van der Waals surface area contributed by atoms with Crippen molar-refractivity contribution in [1.29, 1.82) is 0 Å². The average molecular weight is 382 g/mol. The Morgan fingerprint density at radius 1 is 1.00 bits per heavy atom. The maximum Gasteiger partial charge on any atom is 0.259 e. The number of nitrogens with one attached hydrogen (secondary N) is 2. The molecular formula is C22H26N2O4. The smallest absolute Gasteiger partial charge is 0.259 e. The van der Waals surface area contributed by atoms with Crippen LogP contribution >= 0.6 is 0 Å². The SMILES string of the molecule is COc1cccc(C(=O)Nc2cc(NC(=O)C3CCCC3)ccc2C)c1OC. The van der Waals surface area contributed by atoms with Crippen LogP contribution in [-0.2, 0) is 4.79 Å². The van der Waals surface area contributed by atoms with E-state index in [4.69, 9.17) is 9.47 Å². The first-order chi connectivity index (χ1) is 13.5. The second-order valence-corrected chi connectivity index (χ2v) is 7.00. The van der Waals surface area contributed by atoms with Crippen LogP contribution in [0.25, 0.3) is 0 Å². The first-order valence-corrected chi connectivity index (χ1v) is 9.47. The lowest BCUT2D eigenvalue weighted by molar-refractivity contribution is -0.119. The van der Waals surface area contributed by atoms with Crippen LogP contribution in [0.1, 0.15) is 41.6 Å². The third kappa shape index (κ3) is 4.27. The van der Waals surface area contributed by atoms with E-state index in [0.29, 0.717) is 28.4 Å². The number of hydrogen-bond donors (Lipinski definition) is 2. The Balaban J connectivity index is 1.78. The zero-order valence-corrected chi connectivity index (χ0v) is 16.5. The van der Waals surface area contributed by atoms with Crippen molar-refractivity contribution in [3.05, 3.63) is 47.5 Å². The predicted octanol–water partition coefficient (Wildman–Crippen LogP) is 4.39. The summed E-state index contributed by atoms with van der Waals surface area (Å²) in [5.74, 6) is 0.696. The van der Waals surface area contributed by atoms with Gasteiger partial charge >= 0.3 is 0 Å². The molecule has 2 N–H and O–H groups in total. The fourth-order valence-electron chi connectivity index (χ4n) is 3.52. The van der Waals surface area contributed by atoms with Gasteiger partial charge in [0.25, 0.3) is 5.91 Å². The van der Waals surface area contributed by atoms with E-state index in [-0.39, 0.29) is 17.7 Å². The minimum absolute atomic E-state index is 0.0492. The van der Waals surface area contributed by atoms with E-state index in [0.717, 1.165) is 31.2 Å². The van der Waals surface area contributed by atoms with Gasteiger partial charge in [0.15, 0.2) is 11.5 Å². The lowest BCUT2D eigenvalue weighted by Crippen LogP contribution is -2.20. The normalized spacial score (nSPS) is 13.8. The van der Waals surface area contributed by atoms with Crippen LogP contribution < -0.4 is 20.1 Å². The molecule has 28 heavy (non-hydrogen) atoms. The molecule has 2 aromatic rings. The van der Waals surface area contributed by atoms with E-state index < -0.39 is 0 Å². The molecule has 1 aliphatic rings. The summed E-state index contributed by atoms with van der Waals surface area (Å²) in [6, 6.07) is 10.7. The summed E-state index contributed by atoms with van der Waals surface area (Å²) in [7, 11) is 3.03. The van der Waals surface area contributed by atoms with Gasteiger partial charge in [0.05, 0.1) is 19.8 Å². The molecule has 0 spiro atoms. The molecule has 1 aliphatic carbocycles. The second-order valence-electron chi connectivity index (χ2n) is 7.00. The molecule has 0 unspecified atom stereocenters. The third-order valence-electron chi connectivity index (χ3n) is 5.13. The van der Waals surface area contributed by atoms with Crippen molar-refractivity contribution in [1.82, 2.24) is 0 Å². The van der Waals surface area contributed by atoms with Crippen LogP contribution in [0.2, 0.25) is 0 Å². The monoisotopic (exact) mass is 382 g/mol. The summed E-state index contributed by atoms with van der Waals surface area (Å²) < 4.78 is 10.6. The minimum atomic E-state index is -0.307. The van der Waals surface area contributed by atoms with Gasteiger partial charge in [-0.15, -0.1) is 0 Å². The Morgan fingerprint density at radius 2 is 1.75 bits per heavy atom. The number of anilines is 2. The zero-order chi connectivity index (χ0) is 20.1. The fourth-order valence-corrected chi connectivity index (χ4v) is 3.52. The highest BCUT2D eigenvalue weighted by Crippen LogP contribution is 2.32. The Kier molecular flexibility index (Phi) is 6.19. The highest BCUT2D eigenvalue weighted by molar-refractivity contribution is 6.07. The quantitative estimate of drug-likeness (QED) is 0.777. The molecule has 0 saturated heterocycles. The largest absolute Gasteiger partial charge is 0.493 e.